The van der Waals surface area contributed by atoms with Gasteiger partial charge < -0.3 is 0 Å². The van der Waals surface area contributed by atoms with E-state index in [1.54, 1.807) is 0 Å². The van der Waals surface area contributed by atoms with Gasteiger partial charge in [0.1, 0.15) is 5.92 Å². The molecule has 2 unspecified atom stereocenters. The van der Waals surface area contributed by atoms with Gasteiger partial charge in [0.2, 0.25) is 0 Å². The lowest BCUT2D eigenvalue weighted by molar-refractivity contribution is 0.514. The van der Waals surface area contributed by atoms with Gasteiger partial charge in [0.25, 0.3) is 0 Å². The van der Waals surface area contributed by atoms with Crippen LogP contribution in [0.3, 0.4) is 0 Å². The highest BCUT2D eigenvalue weighted by Gasteiger charge is 2.09. The van der Waals surface area contributed by atoms with E-state index in [0.717, 1.165) is 19.3 Å². The van der Waals surface area contributed by atoms with E-state index in [-0.39, 0.29) is 5.92 Å². The summed E-state index contributed by atoms with van der Waals surface area (Å²) in [6.07, 6.45) is 3.07. The van der Waals surface area contributed by atoms with Crippen LogP contribution in [0.15, 0.2) is 0 Å². The number of nitriles is 1. The van der Waals surface area contributed by atoms with Crippen molar-refractivity contribution in [2.24, 2.45) is 11.8 Å². The molecule has 0 aromatic heterocycles. The van der Waals surface area contributed by atoms with Crippen LogP contribution in [0.25, 0.3) is 0 Å². The summed E-state index contributed by atoms with van der Waals surface area (Å²) < 4.78 is 0. The van der Waals surface area contributed by atoms with Crippen molar-refractivity contribution in [1.29, 1.82) is 5.26 Å². The van der Waals surface area contributed by atoms with Crippen LogP contribution < -0.4 is 0 Å². The zero-order valence-corrected chi connectivity index (χ0v) is 6.22. The maximum absolute atomic E-state index is 8.55. The molecule has 1 nitrogen and oxygen atoms in total. The number of rotatable bonds is 0. The smallest absolute Gasteiger partial charge is 0.107 e. The van der Waals surface area contributed by atoms with Crippen molar-refractivity contribution in [3.05, 3.63) is 0 Å². The molecule has 0 amide bonds. The van der Waals surface area contributed by atoms with Crippen LogP contribution in [0.5, 0.6) is 0 Å². The first-order valence-corrected chi connectivity index (χ1v) is 3.71. The number of nitrogens with zero attached hydrogens (tertiary/aromatic N) is 1. The minimum absolute atomic E-state index is 0.00458. The van der Waals surface area contributed by atoms with E-state index in [2.05, 4.69) is 24.8 Å². The third-order valence-electron chi connectivity index (χ3n) is 1.83. The van der Waals surface area contributed by atoms with Crippen molar-refractivity contribution in [3.63, 3.8) is 0 Å². The molecular weight excluding hydrogens is 122 g/mol. The molecule has 0 saturated heterocycles. The third kappa shape index (κ3) is 1.78. The molecule has 1 rings (SSSR count). The monoisotopic (exact) mass is 133 g/mol. The second-order valence-electron chi connectivity index (χ2n) is 2.89. The molecule has 2 atom stereocenters. The number of hydrogen-bond acceptors (Lipinski definition) is 1. The van der Waals surface area contributed by atoms with Crippen LogP contribution in [0.4, 0.5) is 0 Å². The third-order valence-corrected chi connectivity index (χ3v) is 1.83. The first-order valence-electron chi connectivity index (χ1n) is 3.71. The summed E-state index contributed by atoms with van der Waals surface area (Å²) in [5, 5.41) is 8.55. The summed E-state index contributed by atoms with van der Waals surface area (Å²) in [6.45, 7) is 2.19. The largest absolute Gasteiger partial charge is 0.197 e. The van der Waals surface area contributed by atoms with Gasteiger partial charge in [0, 0.05) is 6.42 Å². The summed E-state index contributed by atoms with van der Waals surface area (Å²) in [5.74, 6) is 6.67. The van der Waals surface area contributed by atoms with Gasteiger partial charge in [-0.1, -0.05) is 12.8 Å². The van der Waals surface area contributed by atoms with Crippen LogP contribution in [0.2, 0.25) is 0 Å². The highest BCUT2D eigenvalue weighted by molar-refractivity contribution is 5.13. The van der Waals surface area contributed by atoms with Gasteiger partial charge in [-0.05, 0) is 18.8 Å². The molecule has 1 aliphatic carbocycles. The Morgan fingerprint density at radius 3 is 3.00 bits per heavy atom. The summed E-state index contributed by atoms with van der Waals surface area (Å²) >= 11 is 0. The Morgan fingerprint density at radius 1 is 1.50 bits per heavy atom. The quantitative estimate of drug-likeness (QED) is 0.463. The lowest BCUT2D eigenvalue weighted by atomic mass is 10.00. The lowest BCUT2D eigenvalue weighted by Gasteiger charge is -2.03. The van der Waals surface area contributed by atoms with E-state index in [1.165, 1.54) is 0 Å². The van der Waals surface area contributed by atoms with Crippen molar-refractivity contribution in [2.45, 2.75) is 26.2 Å². The molecule has 0 saturated carbocycles. The Balaban J connectivity index is 2.53. The Kier molecular flexibility index (Phi) is 2.35. The van der Waals surface area contributed by atoms with Gasteiger partial charge in [0.15, 0.2) is 0 Å². The van der Waals surface area contributed by atoms with E-state index in [1.807, 2.05) is 0 Å². The zero-order chi connectivity index (χ0) is 7.40. The molecular formula is C9H11N. The van der Waals surface area contributed by atoms with Gasteiger partial charge >= 0.3 is 0 Å². The van der Waals surface area contributed by atoms with Gasteiger partial charge in [0.05, 0.1) is 6.07 Å². The topological polar surface area (TPSA) is 23.8 Å². The molecule has 0 aliphatic heterocycles. The van der Waals surface area contributed by atoms with E-state index < -0.39 is 0 Å². The van der Waals surface area contributed by atoms with Crippen LogP contribution in [0.1, 0.15) is 26.2 Å². The summed E-state index contributed by atoms with van der Waals surface area (Å²) in [5.41, 5.74) is 0. The maximum Gasteiger partial charge on any atom is 0.107 e. The molecule has 1 aliphatic rings. The Labute approximate surface area is 62.0 Å². The molecule has 1 heteroatoms. The standard InChI is InChI=1S/C9H11N/c1-8-3-2-4-9(7-10)6-5-8/h8-9H,3,5-6H2,1H3. The van der Waals surface area contributed by atoms with Crippen LogP contribution >= 0.6 is 0 Å². The van der Waals surface area contributed by atoms with Gasteiger partial charge in [-0.2, -0.15) is 5.26 Å². The van der Waals surface area contributed by atoms with Gasteiger partial charge in [-0.15, -0.1) is 5.92 Å². The van der Waals surface area contributed by atoms with Crippen molar-refractivity contribution in [1.82, 2.24) is 0 Å². The average Bonchev–Trinajstić information content (AvgIpc) is 2.14. The van der Waals surface area contributed by atoms with Crippen molar-refractivity contribution < 1.29 is 0 Å². The Morgan fingerprint density at radius 2 is 2.30 bits per heavy atom. The maximum atomic E-state index is 8.55. The fourth-order valence-electron chi connectivity index (χ4n) is 1.08. The molecule has 52 valence electrons. The van der Waals surface area contributed by atoms with Crippen molar-refractivity contribution in [3.8, 4) is 17.9 Å². The minimum Gasteiger partial charge on any atom is -0.197 e. The second-order valence-corrected chi connectivity index (χ2v) is 2.89. The summed E-state index contributed by atoms with van der Waals surface area (Å²) in [4.78, 5) is 0. The van der Waals surface area contributed by atoms with Crippen LogP contribution in [0, 0.1) is 35.0 Å². The molecule has 0 N–H and O–H groups in total. The van der Waals surface area contributed by atoms with E-state index in [4.69, 9.17) is 5.26 Å². The van der Waals surface area contributed by atoms with Gasteiger partial charge in [-0.3, -0.25) is 0 Å². The molecule has 10 heavy (non-hydrogen) atoms. The second kappa shape index (κ2) is 3.28. The zero-order valence-electron chi connectivity index (χ0n) is 6.22. The Hall–Kier alpha value is -0.950. The first-order chi connectivity index (χ1) is 4.83. The van der Waals surface area contributed by atoms with E-state index in [9.17, 15) is 0 Å². The summed E-state index contributed by atoms with van der Waals surface area (Å²) in [6, 6.07) is 2.19. The van der Waals surface area contributed by atoms with Gasteiger partial charge in [-0.25, -0.2) is 0 Å². The molecule has 0 fully saturated rings. The minimum atomic E-state index is 0.00458. The summed E-state index contributed by atoms with van der Waals surface area (Å²) in [7, 11) is 0. The molecule has 0 aromatic rings. The normalized spacial score (nSPS) is 31.2. The lowest BCUT2D eigenvalue weighted by Crippen LogP contribution is -1.95. The molecule has 0 heterocycles. The van der Waals surface area contributed by atoms with Crippen LogP contribution in [-0.2, 0) is 0 Å². The number of hydrogen-bond donors (Lipinski definition) is 0. The fourth-order valence-corrected chi connectivity index (χ4v) is 1.08. The SMILES string of the molecule is CC1CC#CC(C#N)CC1. The fraction of sp³-hybridized carbons (Fsp3) is 0.667. The highest BCUT2D eigenvalue weighted by atomic mass is 14.3. The molecule has 0 spiro atoms. The molecule has 0 bridgehead atoms. The predicted molar refractivity (Wildman–Crippen MR) is 39.9 cm³/mol. The Bertz CT molecular complexity index is 201. The van der Waals surface area contributed by atoms with Crippen molar-refractivity contribution >= 4 is 0 Å². The van der Waals surface area contributed by atoms with Crippen LogP contribution in [-0.4, -0.2) is 0 Å². The first kappa shape index (κ1) is 7.16. The molecule has 0 radical (unpaired) electrons. The highest BCUT2D eigenvalue weighted by Crippen LogP contribution is 2.17. The molecule has 0 aromatic carbocycles. The van der Waals surface area contributed by atoms with E-state index >= 15 is 0 Å². The predicted octanol–water partition coefficient (Wildman–Crippen LogP) is 1.95. The van der Waals surface area contributed by atoms with Crippen molar-refractivity contribution in [2.75, 3.05) is 0 Å². The van der Waals surface area contributed by atoms with E-state index in [0.29, 0.717) is 5.92 Å². The average molecular weight is 133 g/mol.